The number of anilines is 2. The number of nitrogens with zero attached hydrogens (tertiary/aromatic N) is 3. The molecule has 0 bridgehead atoms. The lowest BCUT2D eigenvalue weighted by molar-refractivity contribution is -0.114. The smallest absolute Gasteiger partial charge is 0.259 e. The van der Waals surface area contributed by atoms with E-state index >= 15 is 0 Å². The van der Waals surface area contributed by atoms with Gasteiger partial charge in [-0.2, -0.15) is 0 Å². The average molecular weight is 407 g/mol. The molecular weight excluding hydrogens is 393 g/mol. The monoisotopic (exact) mass is 407 g/mol. The van der Waals surface area contributed by atoms with Crippen LogP contribution >= 0.6 is 11.3 Å². The number of thiazole rings is 1. The summed E-state index contributed by atoms with van der Waals surface area (Å²) in [6.07, 6.45) is 2.89. The number of aromatic nitrogens is 3. The minimum Gasteiger partial charge on any atom is -0.326 e. The van der Waals surface area contributed by atoms with Crippen molar-refractivity contribution >= 4 is 45.0 Å². The SMILES string of the molecule is CC(=O)Nc1ccc(-c2csc(NC(=O)c3cc(F)cc4nccnc34)n2)cc1. The van der Waals surface area contributed by atoms with Crippen molar-refractivity contribution in [1.29, 1.82) is 0 Å². The number of hydrogen-bond donors (Lipinski definition) is 2. The first-order chi connectivity index (χ1) is 14.0. The summed E-state index contributed by atoms with van der Waals surface area (Å²) in [5.41, 5.74) is 2.89. The second-order valence-corrected chi connectivity index (χ2v) is 6.99. The van der Waals surface area contributed by atoms with Crippen LogP contribution in [0.3, 0.4) is 0 Å². The van der Waals surface area contributed by atoms with E-state index in [2.05, 4.69) is 25.6 Å². The summed E-state index contributed by atoms with van der Waals surface area (Å²) in [5.74, 6) is -1.23. The molecule has 0 fully saturated rings. The first-order valence-corrected chi connectivity index (χ1v) is 9.43. The third-order valence-corrected chi connectivity index (χ3v) is 4.77. The van der Waals surface area contributed by atoms with E-state index in [0.717, 1.165) is 11.6 Å². The molecule has 0 radical (unpaired) electrons. The zero-order valence-electron chi connectivity index (χ0n) is 15.1. The predicted octanol–water partition coefficient (Wildman–Crippen LogP) is 4.10. The fourth-order valence-corrected chi connectivity index (χ4v) is 3.48. The van der Waals surface area contributed by atoms with E-state index in [1.54, 1.807) is 17.5 Å². The molecule has 0 aliphatic carbocycles. The molecule has 7 nitrogen and oxygen atoms in total. The molecule has 29 heavy (non-hydrogen) atoms. The van der Waals surface area contributed by atoms with Crippen LogP contribution in [-0.4, -0.2) is 26.8 Å². The third kappa shape index (κ3) is 4.09. The molecule has 0 saturated heterocycles. The van der Waals surface area contributed by atoms with Crippen molar-refractivity contribution in [3.8, 4) is 11.3 Å². The Balaban J connectivity index is 1.55. The molecule has 144 valence electrons. The number of hydrogen-bond acceptors (Lipinski definition) is 6. The molecule has 2 aromatic heterocycles. The van der Waals surface area contributed by atoms with E-state index in [-0.39, 0.29) is 11.5 Å². The molecule has 0 unspecified atom stereocenters. The molecule has 4 rings (SSSR count). The van der Waals surface area contributed by atoms with Crippen LogP contribution in [0.2, 0.25) is 0 Å². The van der Waals surface area contributed by atoms with E-state index in [1.165, 1.54) is 36.7 Å². The van der Waals surface area contributed by atoms with Gasteiger partial charge >= 0.3 is 0 Å². The number of fused-ring (bicyclic) bond motifs is 1. The quantitative estimate of drug-likeness (QED) is 0.531. The molecule has 4 aromatic rings. The van der Waals surface area contributed by atoms with Crippen molar-refractivity contribution in [2.45, 2.75) is 6.92 Å². The molecule has 2 aromatic carbocycles. The van der Waals surface area contributed by atoms with Gasteiger partial charge in [0.15, 0.2) is 5.13 Å². The van der Waals surface area contributed by atoms with Gasteiger partial charge in [0.2, 0.25) is 5.91 Å². The summed E-state index contributed by atoms with van der Waals surface area (Å²) in [7, 11) is 0. The van der Waals surface area contributed by atoms with Gasteiger partial charge in [0.1, 0.15) is 11.3 Å². The molecule has 0 atom stereocenters. The molecular formula is C20H14FN5O2S. The highest BCUT2D eigenvalue weighted by molar-refractivity contribution is 7.14. The molecule has 2 N–H and O–H groups in total. The molecule has 0 saturated carbocycles. The zero-order chi connectivity index (χ0) is 20.4. The van der Waals surface area contributed by atoms with Crippen LogP contribution in [-0.2, 0) is 4.79 Å². The van der Waals surface area contributed by atoms with Gasteiger partial charge < -0.3 is 5.32 Å². The van der Waals surface area contributed by atoms with Crippen molar-refractivity contribution in [3.63, 3.8) is 0 Å². The maximum atomic E-state index is 13.8. The Hall–Kier alpha value is -3.72. The molecule has 9 heteroatoms. The van der Waals surface area contributed by atoms with E-state index in [0.29, 0.717) is 27.5 Å². The molecule has 0 aliphatic heterocycles. The van der Waals surface area contributed by atoms with Crippen LogP contribution in [0.1, 0.15) is 17.3 Å². The van der Waals surface area contributed by atoms with Gasteiger partial charge in [-0.1, -0.05) is 12.1 Å². The van der Waals surface area contributed by atoms with Crippen LogP contribution in [0.5, 0.6) is 0 Å². The Bertz CT molecular complexity index is 1220. The lowest BCUT2D eigenvalue weighted by Gasteiger charge is -2.05. The number of benzene rings is 2. The number of amides is 2. The highest BCUT2D eigenvalue weighted by Crippen LogP contribution is 2.27. The number of carbonyl (C=O) groups excluding carboxylic acids is 2. The number of halogens is 1. The number of carbonyl (C=O) groups is 2. The van der Waals surface area contributed by atoms with E-state index in [9.17, 15) is 14.0 Å². The van der Waals surface area contributed by atoms with Crippen molar-refractivity contribution in [2.75, 3.05) is 10.6 Å². The lowest BCUT2D eigenvalue weighted by atomic mass is 10.1. The Morgan fingerprint density at radius 3 is 2.55 bits per heavy atom. The van der Waals surface area contributed by atoms with Crippen molar-refractivity contribution in [2.24, 2.45) is 0 Å². The van der Waals surface area contributed by atoms with Gasteiger partial charge in [0.25, 0.3) is 5.91 Å². The summed E-state index contributed by atoms with van der Waals surface area (Å²) >= 11 is 1.25. The number of nitrogens with one attached hydrogen (secondary N) is 2. The average Bonchev–Trinajstić information content (AvgIpc) is 3.15. The first-order valence-electron chi connectivity index (χ1n) is 8.55. The van der Waals surface area contributed by atoms with Crippen LogP contribution in [0.15, 0.2) is 54.2 Å². The maximum Gasteiger partial charge on any atom is 0.259 e. The Morgan fingerprint density at radius 1 is 1.03 bits per heavy atom. The van der Waals surface area contributed by atoms with Crippen LogP contribution < -0.4 is 10.6 Å². The van der Waals surface area contributed by atoms with Crippen molar-refractivity contribution in [3.05, 3.63) is 65.6 Å². The zero-order valence-corrected chi connectivity index (χ0v) is 16.0. The molecule has 2 heterocycles. The Morgan fingerprint density at radius 2 is 1.79 bits per heavy atom. The maximum absolute atomic E-state index is 13.8. The fourth-order valence-electron chi connectivity index (χ4n) is 2.77. The van der Waals surface area contributed by atoms with E-state index in [1.807, 2.05) is 12.1 Å². The summed E-state index contributed by atoms with van der Waals surface area (Å²) in [4.78, 5) is 36.3. The van der Waals surface area contributed by atoms with Crippen LogP contribution in [0.25, 0.3) is 22.3 Å². The Kier molecular flexibility index (Phi) is 4.96. The van der Waals surface area contributed by atoms with Crippen LogP contribution in [0, 0.1) is 5.82 Å². The molecule has 2 amide bonds. The summed E-state index contributed by atoms with van der Waals surface area (Å²) in [6.45, 7) is 1.44. The van der Waals surface area contributed by atoms with Gasteiger partial charge in [-0.05, 0) is 18.2 Å². The standard InChI is InChI=1S/C20H14FN5O2S/c1-11(27)24-14-4-2-12(3-5-14)17-10-29-20(25-17)26-19(28)15-8-13(21)9-16-18(15)23-7-6-22-16/h2-10H,1H3,(H,24,27)(H,25,26,28). The molecule has 0 spiro atoms. The van der Waals surface area contributed by atoms with E-state index < -0.39 is 11.7 Å². The highest BCUT2D eigenvalue weighted by Gasteiger charge is 2.16. The van der Waals surface area contributed by atoms with Gasteiger partial charge in [-0.15, -0.1) is 11.3 Å². The normalized spacial score (nSPS) is 10.7. The summed E-state index contributed by atoms with van der Waals surface area (Å²) < 4.78 is 13.8. The van der Waals surface area contributed by atoms with Gasteiger partial charge in [0, 0.05) is 42.0 Å². The van der Waals surface area contributed by atoms with Crippen molar-refractivity contribution in [1.82, 2.24) is 15.0 Å². The largest absolute Gasteiger partial charge is 0.326 e. The second-order valence-electron chi connectivity index (χ2n) is 6.13. The topological polar surface area (TPSA) is 96.9 Å². The number of rotatable bonds is 4. The highest BCUT2D eigenvalue weighted by atomic mass is 32.1. The lowest BCUT2D eigenvalue weighted by Crippen LogP contribution is -2.13. The van der Waals surface area contributed by atoms with E-state index in [4.69, 9.17) is 0 Å². The minimum absolute atomic E-state index is 0.0875. The van der Waals surface area contributed by atoms with Gasteiger partial charge in [-0.25, -0.2) is 9.37 Å². The summed E-state index contributed by atoms with van der Waals surface area (Å²) in [6, 6.07) is 9.54. The molecule has 0 aliphatic rings. The fraction of sp³-hybridized carbons (Fsp3) is 0.0500. The third-order valence-electron chi connectivity index (χ3n) is 4.01. The minimum atomic E-state index is -0.567. The van der Waals surface area contributed by atoms with Crippen LogP contribution in [0.4, 0.5) is 15.2 Å². The van der Waals surface area contributed by atoms with Gasteiger partial charge in [-0.3, -0.25) is 24.9 Å². The van der Waals surface area contributed by atoms with Crippen molar-refractivity contribution < 1.29 is 14.0 Å². The predicted molar refractivity (Wildman–Crippen MR) is 109 cm³/mol. The second kappa shape index (κ2) is 7.72. The van der Waals surface area contributed by atoms with Gasteiger partial charge in [0.05, 0.1) is 16.8 Å². The summed E-state index contributed by atoms with van der Waals surface area (Å²) in [5, 5.41) is 7.55. The Labute approximate surface area is 168 Å². The first kappa shape index (κ1) is 18.6.